The molecule has 159 valence electrons. The van der Waals surface area contributed by atoms with Gasteiger partial charge in [0.25, 0.3) is 0 Å². The minimum Gasteiger partial charge on any atom is -1.00 e. The third-order valence-electron chi connectivity index (χ3n) is 3.82. The maximum absolute atomic E-state index is 10.7. The zero-order valence-corrected chi connectivity index (χ0v) is 20.5. The van der Waals surface area contributed by atoms with Crippen LogP contribution >= 0.6 is 0 Å². The van der Waals surface area contributed by atoms with Crippen molar-refractivity contribution >= 4 is 14.7 Å². The molecule has 0 saturated carbocycles. The van der Waals surface area contributed by atoms with Gasteiger partial charge >= 0.3 is 29.6 Å². The molecule has 0 aliphatic heterocycles. The van der Waals surface area contributed by atoms with Gasteiger partial charge in [-0.15, -0.1) is 0 Å². The third kappa shape index (κ3) is 7.02. The van der Waals surface area contributed by atoms with Crippen molar-refractivity contribution in [1.29, 1.82) is 0 Å². The van der Waals surface area contributed by atoms with Crippen molar-refractivity contribution in [3.8, 4) is 34.5 Å². The van der Waals surface area contributed by atoms with E-state index in [1.807, 2.05) is 0 Å². The van der Waals surface area contributed by atoms with E-state index in [1.165, 1.54) is 35.5 Å². The van der Waals surface area contributed by atoms with Crippen LogP contribution in [0.1, 0.15) is 17.3 Å². The van der Waals surface area contributed by atoms with Crippen molar-refractivity contribution in [1.82, 2.24) is 0 Å². The van der Waals surface area contributed by atoms with Crippen LogP contribution in [0, 0.1) is 0 Å². The van der Waals surface area contributed by atoms with Crippen molar-refractivity contribution < 1.29 is 69.3 Å². The van der Waals surface area contributed by atoms with E-state index in [4.69, 9.17) is 33.5 Å². The monoisotopic (exact) mass is 429 g/mol. The van der Waals surface area contributed by atoms with E-state index in [-0.39, 0.29) is 46.0 Å². The number of rotatable bonds is 8. The molecule has 2 aromatic rings. The minimum absolute atomic E-state index is 0. The SMILES string of the molecule is COc1ccc(C=O)c(OC)c1OC.COc1ccc(CO)c(OC)c1OC.[B].[H-].[Na+]. The molecule has 2 rings (SSSR count). The first-order chi connectivity index (χ1) is 13.6. The van der Waals surface area contributed by atoms with Crippen molar-refractivity contribution in [3.05, 3.63) is 35.4 Å². The summed E-state index contributed by atoms with van der Waals surface area (Å²) in [4.78, 5) is 10.7. The fraction of sp³-hybridized carbons (Fsp3) is 0.350. The molecule has 0 unspecified atom stereocenters. The molecular weight excluding hydrogens is 402 g/mol. The van der Waals surface area contributed by atoms with E-state index >= 15 is 0 Å². The minimum atomic E-state index is -0.0937. The Morgan fingerprint density at radius 1 is 0.733 bits per heavy atom. The van der Waals surface area contributed by atoms with Crippen LogP contribution in [0.15, 0.2) is 24.3 Å². The number of methoxy groups -OCH3 is 6. The van der Waals surface area contributed by atoms with Crippen molar-refractivity contribution in [2.75, 3.05) is 42.7 Å². The molecule has 0 aromatic heterocycles. The molecule has 0 amide bonds. The normalized spacial score (nSPS) is 8.90. The molecule has 0 aliphatic carbocycles. The van der Waals surface area contributed by atoms with Crippen LogP contribution in [-0.2, 0) is 6.61 Å². The first kappa shape index (κ1) is 30.1. The molecule has 8 nitrogen and oxygen atoms in total. The molecule has 0 fully saturated rings. The first-order valence-electron chi connectivity index (χ1n) is 8.19. The molecule has 10 heteroatoms. The van der Waals surface area contributed by atoms with Crippen molar-refractivity contribution in [2.45, 2.75) is 6.61 Å². The summed E-state index contributed by atoms with van der Waals surface area (Å²) in [5.74, 6) is 2.95. The number of ether oxygens (including phenoxy) is 6. The predicted octanol–water partition coefficient (Wildman–Crippen LogP) is -0.535. The van der Waals surface area contributed by atoms with Gasteiger partial charge in [0.15, 0.2) is 29.3 Å². The second kappa shape index (κ2) is 15.7. The van der Waals surface area contributed by atoms with Gasteiger partial charge < -0.3 is 35.0 Å². The molecule has 0 spiro atoms. The molecule has 30 heavy (non-hydrogen) atoms. The second-order valence-electron chi connectivity index (χ2n) is 5.19. The van der Waals surface area contributed by atoms with Gasteiger partial charge in [-0.25, -0.2) is 0 Å². The van der Waals surface area contributed by atoms with Crippen LogP contribution in [0.5, 0.6) is 34.5 Å². The number of aliphatic hydroxyl groups is 1. The van der Waals surface area contributed by atoms with Gasteiger partial charge in [-0.1, -0.05) is 0 Å². The van der Waals surface area contributed by atoms with Crippen LogP contribution in [-0.4, -0.2) is 62.5 Å². The molecule has 3 radical (unpaired) electrons. The van der Waals surface area contributed by atoms with Crippen molar-refractivity contribution in [2.24, 2.45) is 0 Å². The van der Waals surface area contributed by atoms with Crippen LogP contribution in [0.4, 0.5) is 0 Å². The number of hydrogen-bond acceptors (Lipinski definition) is 8. The van der Waals surface area contributed by atoms with E-state index in [0.717, 1.165) is 0 Å². The molecule has 1 N–H and O–H groups in total. The van der Waals surface area contributed by atoms with E-state index in [0.29, 0.717) is 51.9 Å². The fourth-order valence-electron chi connectivity index (χ4n) is 2.50. The second-order valence-corrected chi connectivity index (χ2v) is 5.19. The molecule has 2 aromatic carbocycles. The number of hydrogen-bond donors (Lipinski definition) is 1. The van der Waals surface area contributed by atoms with Crippen LogP contribution in [0.25, 0.3) is 0 Å². The number of carbonyl (C=O) groups is 1. The van der Waals surface area contributed by atoms with E-state index < -0.39 is 0 Å². The zero-order valence-electron chi connectivity index (χ0n) is 19.5. The Labute approximate surface area is 202 Å². The van der Waals surface area contributed by atoms with E-state index in [1.54, 1.807) is 31.4 Å². The standard InChI is InChI=1S/C10H14O4.C10H12O4.B.Na.H/c2*1-12-8-5-4-7(6-11)9(13-2)10(8)14-3;;;/h4-5,11H,6H2,1-3H3;4-6H,1-3H3;;;/q;;;+1;-1. The van der Waals surface area contributed by atoms with E-state index in [2.05, 4.69) is 0 Å². The number of benzene rings is 2. The Morgan fingerprint density at radius 3 is 1.53 bits per heavy atom. The van der Waals surface area contributed by atoms with Crippen LogP contribution in [0.3, 0.4) is 0 Å². The molecule has 0 aliphatic rings. The van der Waals surface area contributed by atoms with E-state index in [9.17, 15) is 4.79 Å². The Kier molecular flexibility index (Phi) is 15.8. The Hall–Kier alpha value is -2.07. The maximum Gasteiger partial charge on any atom is 1.00 e. The van der Waals surface area contributed by atoms with Crippen LogP contribution < -0.4 is 58.0 Å². The summed E-state index contributed by atoms with van der Waals surface area (Å²) >= 11 is 0. The Bertz CT molecular complexity index is 761. The molecular formula is C20H27BNaO8. The largest absolute Gasteiger partial charge is 1.00 e. The zero-order chi connectivity index (χ0) is 21.1. The van der Waals surface area contributed by atoms with Gasteiger partial charge in [0.1, 0.15) is 0 Å². The van der Waals surface area contributed by atoms with Gasteiger partial charge in [-0.3, -0.25) is 4.79 Å². The smallest absolute Gasteiger partial charge is 1.00 e. The molecule has 0 heterocycles. The average molecular weight is 429 g/mol. The van der Waals surface area contributed by atoms with Gasteiger partial charge in [-0.2, -0.15) is 0 Å². The number of carbonyl (C=O) groups excluding carboxylic acids is 1. The topological polar surface area (TPSA) is 92.7 Å². The summed E-state index contributed by atoms with van der Waals surface area (Å²) in [7, 11) is 9.10. The number of aldehydes is 1. The van der Waals surface area contributed by atoms with Crippen LogP contribution in [0.2, 0.25) is 0 Å². The third-order valence-corrected chi connectivity index (χ3v) is 3.82. The average Bonchev–Trinajstić information content (AvgIpc) is 2.76. The summed E-state index contributed by atoms with van der Waals surface area (Å²) in [6.45, 7) is -0.0937. The van der Waals surface area contributed by atoms with Gasteiger partial charge in [-0.05, 0) is 24.3 Å². The predicted molar refractivity (Wildman–Crippen MR) is 110 cm³/mol. The van der Waals surface area contributed by atoms with Gasteiger partial charge in [0, 0.05) is 14.0 Å². The summed E-state index contributed by atoms with van der Waals surface area (Å²) in [6.07, 6.45) is 0.709. The van der Waals surface area contributed by atoms with Gasteiger partial charge in [0.2, 0.25) is 11.5 Å². The first-order valence-corrected chi connectivity index (χ1v) is 8.19. The fourth-order valence-corrected chi connectivity index (χ4v) is 2.50. The van der Waals surface area contributed by atoms with Gasteiger partial charge in [0.05, 0.1) is 54.8 Å². The summed E-state index contributed by atoms with van der Waals surface area (Å²) in [5, 5.41) is 9.06. The summed E-state index contributed by atoms with van der Waals surface area (Å²) < 4.78 is 30.6. The van der Waals surface area contributed by atoms with Crippen molar-refractivity contribution in [3.63, 3.8) is 0 Å². The molecule has 0 saturated heterocycles. The molecule has 0 atom stereocenters. The number of aliphatic hydroxyl groups excluding tert-OH is 1. The quantitative estimate of drug-likeness (QED) is 0.442. The molecule has 0 bridgehead atoms. The summed E-state index contributed by atoms with van der Waals surface area (Å²) in [6, 6.07) is 6.74. The maximum atomic E-state index is 10.7. The summed E-state index contributed by atoms with van der Waals surface area (Å²) in [5.41, 5.74) is 1.11. The Morgan fingerprint density at radius 2 is 1.17 bits per heavy atom. The Balaban J connectivity index is -0.000000461.